The Hall–Kier alpha value is -2.57. The van der Waals surface area contributed by atoms with E-state index < -0.39 is 12.1 Å². The highest BCUT2D eigenvalue weighted by molar-refractivity contribution is 6.30. The van der Waals surface area contributed by atoms with Gasteiger partial charge in [-0.15, -0.1) is 12.4 Å². The molecule has 0 bridgehead atoms. The maximum Gasteiger partial charge on any atom is 0.339 e. The van der Waals surface area contributed by atoms with E-state index in [2.05, 4.69) is 23.5 Å². The summed E-state index contributed by atoms with van der Waals surface area (Å²) in [5.41, 5.74) is 5.50. The van der Waals surface area contributed by atoms with Gasteiger partial charge in [-0.2, -0.15) is 0 Å². The van der Waals surface area contributed by atoms with Gasteiger partial charge in [0.05, 0.1) is 13.2 Å². The number of hydrogen-bond donors (Lipinski definition) is 3. The zero-order valence-electron chi connectivity index (χ0n) is 18.3. The summed E-state index contributed by atoms with van der Waals surface area (Å²) in [5.74, 6) is -0.657. The molecule has 0 amide bonds. The van der Waals surface area contributed by atoms with Crippen molar-refractivity contribution in [2.45, 2.75) is 31.4 Å². The van der Waals surface area contributed by atoms with Crippen molar-refractivity contribution in [3.8, 4) is 16.9 Å². The normalized spacial score (nSPS) is 15.8. The summed E-state index contributed by atoms with van der Waals surface area (Å²) in [7, 11) is 1.48. The van der Waals surface area contributed by atoms with Gasteiger partial charge < -0.3 is 20.3 Å². The molecule has 4 rings (SSSR count). The Bertz CT molecular complexity index is 1140. The minimum atomic E-state index is -1.01. The van der Waals surface area contributed by atoms with Gasteiger partial charge in [0.25, 0.3) is 0 Å². The molecular weight excluding hydrogens is 461 g/mol. The minimum absolute atomic E-state index is 0. The van der Waals surface area contributed by atoms with E-state index >= 15 is 0 Å². The van der Waals surface area contributed by atoms with Crippen LogP contribution in [0.2, 0.25) is 5.02 Å². The second-order valence-corrected chi connectivity index (χ2v) is 8.56. The molecule has 7 heteroatoms. The van der Waals surface area contributed by atoms with E-state index in [1.54, 1.807) is 24.3 Å². The lowest BCUT2D eigenvalue weighted by atomic mass is 9.86. The van der Waals surface area contributed by atoms with Gasteiger partial charge in [0.1, 0.15) is 11.3 Å². The zero-order valence-corrected chi connectivity index (χ0v) is 19.8. The van der Waals surface area contributed by atoms with Gasteiger partial charge in [0.15, 0.2) is 0 Å². The number of ether oxygens (including phenoxy) is 1. The average Bonchev–Trinajstić information content (AvgIpc) is 2.81. The van der Waals surface area contributed by atoms with Crippen molar-refractivity contribution in [3.05, 3.63) is 87.9 Å². The first kappa shape index (κ1) is 25.1. The average molecular weight is 488 g/mol. The Morgan fingerprint density at radius 1 is 1.12 bits per heavy atom. The van der Waals surface area contributed by atoms with Crippen LogP contribution in [-0.4, -0.2) is 35.9 Å². The maximum atomic E-state index is 11.4. The van der Waals surface area contributed by atoms with E-state index in [9.17, 15) is 15.0 Å². The van der Waals surface area contributed by atoms with Crippen LogP contribution >= 0.6 is 24.0 Å². The van der Waals surface area contributed by atoms with Crippen molar-refractivity contribution in [3.63, 3.8) is 0 Å². The van der Waals surface area contributed by atoms with Gasteiger partial charge >= 0.3 is 5.97 Å². The van der Waals surface area contributed by atoms with E-state index in [0.717, 1.165) is 36.0 Å². The molecule has 3 N–H and O–H groups in total. The lowest BCUT2D eigenvalue weighted by Gasteiger charge is -2.27. The molecule has 1 aliphatic carbocycles. The topological polar surface area (TPSA) is 78.8 Å². The molecular formula is C26H27Cl2NO4. The Morgan fingerprint density at radius 3 is 2.61 bits per heavy atom. The molecule has 5 nitrogen and oxygen atoms in total. The third-order valence-corrected chi connectivity index (χ3v) is 6.27. The molecule has 3 aromatic carbocycles. The summed E-state index contributed by atoms with van der Waals surface area (Å²) in [6.07, 6.45) is 2.24. The number of carboxylic acids is 1. The van der Waals surface area contributed by atoms with Crippen molar-refractivity contribution in [2.24, 2.45) is 0 Å². The number of benzene rings is 3. The molecule has 1 aliphatic rings. The van der Waals surface area contributed by atoms with E-state index in [4.69, 9.17) is 16.3 Å². The number of rotatable bonds is 7. The monoisotopic (exact) mass is 487 g/mol. The van der Waals surface area contributed by atoms with Crippen LogP contribution in [0.5, 0.6) is 5.75 Å². The smallest absolute Gasteiger partial charge is 0.339 e. The van der Waals surface area contributed by atoms with Crippen LogP contribution in [0.3, 0.4) is 0 Å². The molecule has 0 saturated carbocycles. The van der Waals surface area contributed by atoms with Gasteiger partial charge in [0.2, 0.25) is 0 Å². The van der Waals surface area contributed by atoms with E-state index in [1.165, 1.54) is 18.2 Å². The van der Waals surface area contributed by atoms with E-state index in [-0.39, 0.29) is 24.0 Å². The van der Waals surface area contributed by atoms with Crippen LogP contribution in [0, 0.1) is 0 Å². The molecule has 33 heavy (non-hydrogen) atoms. The Morgan fingerprint density at radius 2 is 1.88 bits per heavy atom. The quantitative estimate of drug-likeness (QED) is 0.420. The Kier molecular flexibility index (Phi) is 8.38. The van der Waals surface area contributed by atoms with Crippen LogP contribution in [-0.2, 0) is 12.8 Å². The molecule has 0 fully saturated rings. The van der Waals surface area contributed by atoms with Crippen molar-refractivity contribution < 1.29 is 19.7 Å². The number of aromatic carboxylic acids is 1. The molecule has 0 saturated heterocycles. The third-order valence-electron chi connectivity index (χ3n) is 6.03. The Balaban J connectivity index is 0.00000306. The van der Waals surface area contributed by atoms with Gasteiger partial charge in [-0.1, -0.05) is 48.0 Å². The molecule has 3 aromatic rings. The fraction of sp³-hybridized carbons (Fsp3) is 0.269. The second-order valence-electron chi connectivity index (χ2n) is 8.12. The molecule has 0 unspecified atom stereocenters. The third kappa shape index (κ3) is 5.87. The SMILES string of the molecule is COc1cc(-c2ccc3c(c2)C[C@@H](NC[C@H](O)c2cccc(Cl)c2)CC3)ccc1C(=O)O.Cl. The van der Waals surface area contributed by atoms with Gasteiger partial charge in [0, 0.05) is 17.6 Å². The van der Waals surface area contributed by atoms with E-state index in [1.807, 2.05) is 18.2 Å². The van der Waals surface area contributed by atoms with Gasteiger partial charge in [-0.25, -0.2) is 4.79 Å². The number of nitrogens with one attached hydrogen (secondary N) is 1. The summed E-state index contributed by atoms with van der Waals surface area (Å²) in [5, 5.41) is 23.9. The van der Waals surface area contributed by atoms with E-state index in [0.29, 0.717) is 17.3 Å². The van der Waals surface area contributed by atoms with Crippen molar-refractivity contribution in [1.82, 2.24) is 5.32 Å². The predicted octanol–water partition coefficient (Wildman–Crippen LogP) is 5.32. The number of fused-ring (bicyclic) bond motifs is 1. The highest BCUT2D eigenvalue weighted by atomic mass is 35.5. The van der Waals surface area contributed by atoms with Gasteiger partial charge in [-0.3, -0.25) is 0 Å². The molecule has 174 valence electrons. The summed E-state index contributed by atoms with van der Waals surface area (Å²) in [6.45, 7) is 0.466. The summed E-state index contributed by atoms with van der Waals surface area (Å²) in [4.78, 5) is 11.4. The molecule has 0 aromatic heterocycles. The molecule has 2 atom stereocenters. The zero-order chi connectivity index (χ0) is 22.7. The second kappa shape index (κ2) is 11.0. The van der Waals surface area contributed by atoms with Crippen LogP contribution in [0.15, 0.2) is 60.7 Å². The standard InChI is InChI=1S/C26H26ClNO4.ClH/c1-32-25-14-18(8-10-23(25)26(30)31)17-6-5-16-7-9-22(13-20(16)11-17)28-15-24(29)19-3-2-4-21(27)12-19;/h2-6,8,10-12,14,22,24,28-29H,7,9,13,15H2,1H3,(H,30,31);1H/t22-,24-;/m0./s1. The van der Waals surface area contributed by atoms with Crippen LogP contribution in [0.25, 0.3) is 11.1 Å². The lowest BCUT2D eigenvalue weighted by molar-refractivity contribution is 0.0693. The first-order valence-corrected chi connectivity index (χ1v) is 11.0. The maximum absolute atomic E-state index is 11.4. The number of aliphatic hydroxyl groups is 1. The Labute approximate surface area is 204 Å². The fourth-order valence-corrected chi connectivity index (χ4v) is 4.47. The van der Waals surface area contributed by atoms with Crippen LogP contribution in [0.4, 0.5) is 0 Å². The fourth-order valence-electron chi connectivity index (χ4n) is 4.27. The first-order chi connectivity index (χ1) is 15.4. The number of carboxylic acid groups (broad SMARTS) is 1. The van der Waals surface area contributed by atoms with Crippen molar-refractivity contribution in [2.75, 3.05) is 13.7 Å². The number of aryl methyl sites for hydroxylation is 1. The molecule has 0 spiro atoms. The lowest BCUT2D eigenvalue weighted by Crippen LogP contribution is -2.37. The number of aliphatic hydroxyl groups excluding tert-OH is 1. The summed E-state index contributed by atoms with van der Waals surface area (Å²) in [6, 6.07) is 19.1. The molecule has 0 aliphatic heterocycles. The highest BCUT2D eigenvalue weighted by Crippen LogP contribution is 2.31. The van der Waals surface area contributed by atoms with Crippen molar-refractivity contribution in [1.29, 1.82) is 0 Å². The summed E-state index contributed by atoms with van der Waals surface area (Å²) < 4.78 is 5.27. The van der Waals surface area contributed by atoms with Crippen molar-refractivity contribution >= 4 is 30.0 Å². The number of hydrogen-bond acceptors (Lipinski definition) is 4. The molecule has 0 radical (unpaired) electrons. The number of halogens is 2. The van der Waals surface area contributed by atoms with Crippen LogP contribution < -0.4 is 10.1 Å². The minimum Gasteiger partial charge on any atom is -0.496 e. The first-order valence-electron chi connectivity index (χ1n) is 10.6. The highest BCUT2D eigenvalue weighted by Gasteiger charge is 2.20. The predicted molar refractivity (Wildman–Crippen MR) is 133 cm³/mol. The number of methoxy groups -OCH3 is 1. The van der Waals surface area contributed by atoms with Gasteiger partial charge in [-0.05, 0) is 71.3 Å². The molecule has 0 heterocycles. The largest absolute Gasteiger partial charge is 0.496 e. The van der Waals surface area contributed by atoms with Crippen LogP contribution in [0.1, 0.15) is 39.6 Å². The number of carbonyl (C=O) groups is 1. The summed E-state index contributed by atoms with van der Waals surface area (Å²) >= 11 is 6.03.